The summed E-state index contributed by atoms with van der Waals surface area (Å²) in [5, 5.41) is 26.0. The molecule has 2 rings (SSSR count). The second-order valence-electron chi connectivity index (χ2n) is 3.63. The van der Waals surface area contributed by atoms with Crippen molar-refractivity contribution < 1.29 is 10.3 Å². The van der Waals surface area contributed by atoms with Gasteiger partial charge in [-0.3, -0.25) is 0 Å². The van der Waals surface area contributed by atoms with Gasteiger partial charge >= 0.3 is 0 Å². The molecule has 96 valence electrons. The molecule has 1 aromatic carbocycles. The summed E-state index contributed by atoms with van der Waals surface area (Å²) < 4.78 is 1.47. The standard InChI is InChI=1S/C11H12N4O2.ClH/c16-11(6-14-17,7-15-9-12-8-13-15)10-4-2-1-3-5-10;/h1-6,8-9,16-17H,7H2;1H. The van der Waals surface area contributed by atoms with Crippen LogP contribution in [0.1, 0.15) is 5.56 Å². The van der Waals surface area contributed by atoms with Crippen molar-refractivity contribution in [1.82, 2.24) is 14.8 Å². The second kappa shape index (κ2) is 6.13. The van der Waals surface area contributed by atoms with Gasteiger partial charge in [0, 0.05) is 0 Å². The molecular formula is C11H13ClN4O2. The predicted molar refractivity (Wildman–Crippen MR) is 67.9 cm³/mol. The quantitative estimate of drug-likeness (QED) is 0.493. The third kappa shape index (κ3) is 3.06. The van der Waals surface area contributed by atoms with Gasteiger partial charge in [-0.2, -0.15) is 5.10 Å². The maximum absolute atomic E-state index is 10.5. The zero-order valence-electron chi connectivity index (χ0n) is 9.42. The Bertz CT molecular complexity index is 489. The highest BCUT2D eigenvalue weighted by molar-refractivity contribution is 5.85. The van der Waals surface area contributed by atoms with E-state index in [2.05, 4.69) is 15.2 Å². The third-order valence-corrected chi connectivity index (χ3v) is 2.41. The van der Waals surface area contributed by atoms with E-state index in [1.165, 1.54) is 17.3 Å². The molecule has 0 aliphatic carbocycles. The number of benzene rings is 1. The van der Waals surface area contributed by atoms with E-state index < -0.39 is 5.60 Å². The average Bonchev–Trinajstić information content (AvgIpc) is 2.83. The highest BCUT2D eigenvalue weighted by Gasteiger charge is 2.28. The van der Waals surface area contributed by atoms with Gasteiger partial charge in [0.1, 0.15) is 18.3 Å². The molecule has 7 heteroatoms. The van der Waals surface area contributed by atoms with Crippen LogP contribution in [0.25, 0.3) is 0 Å². The molecule has 0 saturated carbocycles. The van der Waals surface area contributed by atoms with Crippen LogP contribution >= 0.6 is 12.4 Å². The first-order chi connectivity index (χ1) is 8.24. The largest absolute Gasteiger partial charge is 0.411 e. The lowest BCUT2D eigenvalue weighted by atomic mass is 9.95. The van der Waals surface area contributed by atoms with Gasteiger partial charge in [0.05, 0.1) is 12.8 Å². The summed E-state index contributed by atoms with van der Waals surface area (Å²) in [6.45, 7) is 0.126. The fourth-order valence-electron chi connectivity index (χ4n) is 1.59. The number of aliphatic hydroxyl groups is 1. The van der Waals surface area contributed by atoms with Crippen molar-refractivity contribution in [1.29, 1.82) is 0 Å². The first kappa shape index (κ1) is 14.1. The molecule has 0 amide bonds. The van der Waals surface area contributed by atoms with E-state index in [9.17, 15) is 5.11 Å². The fraction of sp³-hybridized carbons (Fsp3) is 0.182. The molecule has 18 heavy (non-hydrogen) atoms. The highest BCUT2D eigenvalue weighted by Crippen LogP contribution is 2.20. The number of oxime groups is 1. The first-order valence-corrected chi connectivity index (χ1v) is 5.03. The van der Waals surface area contributed by atoms with Gasteiger partial charge in [-0.1, -0.05) is 35.5 Å². The molecule has 2 N–H and O–H groups in total. The van der Waals surface area contributed by atoms with Crippen LogP contribution < -0.4 is 0 Å². The molecule has 0 saturated heterocycles. The summed E-state index contributed by atoms with van der Waals surface area (Å²) in [6.07, 6.45) is 3.94. The van der Waals surface area contributed by atoms with Gasteiger partial charge in [0.2, 0.25) is 0 Å². The van der Waals surface area contributed by atoms with E-state index in [1.807, 2.05) is 6.07 Å². The van der Waals surface area contributed by atoms with Crippen LogP contribution in [0.5, 0.6) is 0 Å². The van der Waals surface area contributed by atoms with E-state index in [0.717, 1.165) is 6.21 Å². The van der Waals surface area contributed by atoms with Gasteiger partial charge in [-0.15, -0.1) is 12.4 Å². The first-order valence-electron chi connectivity index (χ1n) is 5.03. The van der Waals surface area contributed by atoms with Crippen molar-refractivity contribution in [2.45, 2.75) is 12.1 Å². The Labute approximate surface area is 110 Å². The fourth-order valence-corrected chi connectivity index (χ4v) is 1.59. The van der Waals surface area contributed by atoms with Crippen molar-refractivity contribution in [2.24, 2.45) is 5.16 Å². The molecule has 1 aromatic heterocycles. The Morgan fingerprint density at radius 1 is 1.33 bits per heavy atom. The van der Waals surface area contributed by atoms with Gasteiger partial charge in [0.25, 0.3) is 0 Å². The number of halogens is 1. The van der Waals surface area contributed by atoms with Crippen molar-refractivity contribution in [3.63, 3.8) is 0 Å². The Kier molecular flexibility index (Phi) is 4.82. The molecule has 0 spiro atoms. The minimum atomic E-state index is -1.41. The molecule has 0 fully saturated rings. The Morgan fingerprint density at radius 3 is 2.61 bits per heavy atom. The Hall–Kier alpha value is -1.92. The number of hydrogen-bond donors (Lipinski definition) is 2. The predicted octanol–water partition coefficient (Wildman–Crippen LogP) is 1.05. The number of rotatable bonds is 4. The molecule has 0 aliphatic heterocycles. The average molecular weight is 269 g/mol. The van der Waals surface area contributed by atoms with Gasteiger partial charge < -0.3 is 10.3 Å². The zero-order chi connectivity index (χ0) is 12.1. The van der Waals surface area contributed by atoms with Gasteiger partial charge in [-0.25, -0.2) is 9.67 Å². The summed E-state index contributed by atoms with van der Waals surface area (Å²) in [5.74, 6) is 0. The molecule has 1 atom stereocenters. The topological polar surface area (TPSA) is 83.5 Å². The van der Waals surface area contributed by atoms with Gasteiger partial charge in [-0.05, 0) is 5.56 Å². The van der Waals surface area contributed by atoms with Crippen molar-refractivity contribution in [2.75, 3.05) is 0 Å². The van der Waals surface area contributed by atoms with Crippen molar-refractivity contribution in [3.05, 3.63) is 48.5 Å². The number of nitrogens with zero attached hydrogens (tertiary/aromatic N) is 4. The molecule has 1 unspecified atom stereocenters. The van der Waals surface area contributed by atoms with E-state index in [1.54, 1.807) is 24.3 Å². The molecule has 0 bridgehead atoms. The summed E-state index contributed by atoms with van der Waals surface area (Å²) in [7, 11) is 0. The van der Waals surface area contributed by atoms with Crippen molar-refractivity contribution in [3.8, 4) is 0 Å². The van der Waals surface area contributed by atoms with Crippen LogP contribution in [-0.4, -0.2) is 31.3 Å². The lowest BCUT2D eigenvalue weighted by molar-refractivity contribution is 0.0883. The van der Waals surface area contributed by atoms with Crippen molar-refractivity contribution >= 4 is 18.6 Å². The van der Waals surface area contributed by atoms with Crippen LogP contribution in [-0.2, 0) is 12.1 Å². The molecular weight excluding hydrogens is 256 g/mol. The van der Waals surface area contributed by atoms with Crippen LogP contribution in [0.15, 0.2) is 48.1 Å². The highest BCUT2D eigenvalue weighted by atomic mass is 35.5. The van der Waals surface area contributed by atoms with E-state index in [-0.39, 0.29) is 19.0 Å². The molecule has 0 aliphatic rings. The Balaban J connectivity index is 0.00000162. The minimum Gasteiger partial charge on any atom is -0.411 e. The second-order valence-corrected chi connectivity index (χ2v) is 3.63. The Morgan fingerprint density at radius 2 is 2.06 bits per heavy atom. The summed E-state index contributed by atoms with van der Waals surface area (Å²) in [4.78, 5) is 3.79. The van der Waals surface area contributed by atoms with E-state index in [0.29, 0.717) is 5.56 Å². The lowest BCUT2D eigenvalue weighted by Crippen LogP contribution is -2.33. The maximum Gasteiger partial charge on any atom is 0.147 e. The monoisotopic (exact) mass is 268 g/mol. The minimum absolute atomic E-state index is 0. The summed E-state index contributed by atoms with van der Waals surface area (Å²) >= 11 is 0. The molecule has 1 heterocycles. The maximum atomic E-state index is 10.5. The third-order valence-electron chi connectivity index (χ3n) is 2.41. The zero-order valence-corrected chi connectivity index (χ0v) is 10.2. The van der Waals surface area contributed by atoms with Crippen LogP contribution in [0, 0.1) is 0 Å². The molecule has 0 radical (unpaired) electrons. The number of hydrogen-bond acceptors (Lipinski definition) is 5. The number of aromatic nitrogens is 3. The smallest absolute Gasteiger partial charge is 0.147 e. The van der Waals surface area contributed by atoms with E-state index in [4.69, 9.17) is 5.21 Å². The van der Waals surface area contributed by atoms with Gasteiger partial charge in [0.15, 0.2) is 0 Å². The van der Waals surface area contributed by atoms with Crippen LogP contribution in [0.2, 0.25) is 0 Å². The SMILES string of the molecule is Cl.ON=CC(O)(Cn1cncn1)c1ccccc1. The van der Waals surface area contributed by atoms with Crippen LogP contribution in [0.3, 0.4) is 0 Å². The lowest BCUT2D eigenvalue weighted by Gasteiger charge is -2.23. The summed E-state index contributed by atoms with van der Waals surface area (Å²) in [6, 6.07) is 8.94. The summed E-state index contributed by atoms with van der Waals surface area (Å²) in [5.41, 5.74) is -0.794. The molecule has 6 nitrogen and oxygen atoms in total. The molecule has 2 aromatic rings. The normalized spacial score (nSPS) is 14.1. The van der Waals surface area contributed by atoms with E-state index >= 15 is 0 Å². The van der Waals surface area contributed by atoms with Crippen LogP contribution in [0.4, 0.5) is 0 Å².